The molecule has 266 valence electrons. The maximum atomic E-state index is 6.52. The number of hydrogen-bond acceptors (Lipinski definition) is 5. The van der Waals surface area contributed by atoms with E-state index in [-0.39, 0.29) is 0 Å². The lowest BCUT2D eigenvalue weighted by Gasteiger charge is -2.09. The van der Waals surface area contributed by atoms with Crippen LogP contribution in [0.2, 0.25) is 0 Å². The quantitative estimate of drug-likeness (QED) is 0.176. The molecule has 0 aliphatic carbocycles. The van der Waals surface area contributed by atoms with Gasteiger partial charge in [-0.05, 0) is 59.7 Å². The van der Waals surface area contributed by atoms with E-state index in [2.05, 4.69) is 126 Å². The number of benzene rings is 8. The summed E-state index contributed by atoms with van der Waals surface area (Å²) in [6.45, 7) is 0. The first-order chi connectivity index (χ1) is 28.2. The van der Waals surface area contributed by atoms with E-state index in [1.807, 2.05) is 60.7 Å². The maximum Gasteiger partial charge on any atom is 0.165 e. The third-order valence-electron chi connectivity index (χ3n) is 11.1. The second-order valence-electron chi connectivity index (χ2n) is 14.4. The van der Waals surface area contributed by atoms with Crippen molar-refractivity contribution >= 4 is 75.3 Å². The van der Waals surface area contributed by atoms with Gasteiger partial charge in [0.15, 0.2) is 17.5 Å². The van der Waals surface area contributed by atoms with Crippen molar-refractivity contribution in [1.82, 2.24) is 19.5 Å². The predicted molar refractivity (Wildman–Crippen MR) is 236 cm³/mol. The minimum absolute atomic E-state index is 0.657. The number of fused-ring (bicyclic) bond motifs is 9. The van der Waals surface area contributed by atoms with Crippen LogP contribution in [0.3, 0.4) is 0 Å². The van der Waals surface area contributed by atoms with Gasteiger partial charge in [-0.25, -0.2) is 15.0 Å². The summed E-state index contributed by atoms with van der Waals surface area (Å²) in [6.07, 6.45) is 0. The molecule has 0 radical (unpaired) electrons. The summed E-state index contributed by atoms with van der Waals surface area (Å²) in [7, 11) is 0. The molecule has 4 aromatic heterocycles. The van der Waals surface area contributed by atoms with Crippen LogP contribution in [0.25, 0.3) is 115 Å². The van der Waals surface area contributed by atoms with Crippen molar-refractivity contribution in [1.29, 1.82) is 0 Å². The molecule has 0 N–H and O–H groups in total. The summed E-state index contributed by atoms with van der Waals surface area (Å²) in [5.41, 5.74) is 10.4. The molecule has 0 fully saturated rings. The van der Waals surface area contributed by atoms with Gasteiger partial charge in [-0.15, -0.1) is 11.3 Å². The smallest absolute Gasteiger partial charge is 0.165 e. The van der Waals surface area contributed by atoms with Gasteiger partial charge in [0.1, 0.15) is 11.2 Å². The number of aromatic nitrogens is 4. The summed E-state index contributed by atoms with van der Waals surface area (Å²) in [5, 5.41) is 7.11. The fourth-order valence-electron chi connectivity index (χ4n) is 8.37. The highest BCUT2D eigenvalue weighted by molar-refractivity contribution is 7.26. The number of rotatable bonds is 5. The van der Waals surface area contributed by atoms with Crippen molar-refractivity contribution in [3.8, 4) is 51.0 Å². The minimum atomic E-state index is 0.657. The monoisotopic (exact) mass is 746 g/mol. The molecule has 0 saturated heterocycles. The van der Waals surface area contributed by atoms with Crippen LogP contribution in [0, 0.1) is 0 Å². The average Bonchev–Trinajstić information content (AvgIpc) is 3.95. The van der Waals surface area contributed by atoms with Gasteiger partial charge < -0.3 is 8.98 Å². The lowest BCUT2D eigenvalue weighted by atomic mass is 10.0. The second-order valence-corrected chi connectivity index (χ2v) is 15.4. The average molecular weight is 747 g/mol. The zero-order chi connectivity index (χ0) is 37.5. The van der Waals surface area contributed by atoms with E-state index < -0.39 is 0 Å². The lowest BCUT2D eigenvalue weighted by Crippen LogP contribution is -2.00. The minimum Gasteiger partial charge on any atom is -0.456 e. The van der Waals surface area contributed by atoms with E-state index in [9.17, 15) is 0 Å². The molecule has 4 heterocycles. The van der Waals surface area contributed by atoms with Gasteiger partial charge in [0.25, 0.3) is 0 Å². The number of nitrogens with zero attached hydrogens (tertiary/aromatic N) is 4. The Bertz CT molecular complexity index is 3420. The first kappa shape index (κ1) is 31.9. The first-order valence-corrected chi connectivity index (χ1v) is 19.8. The molecule has 0 unspecified atom stereocenters. The van der Waals surface area contributed by atoms with Crippen molar-refractivity contribution in [2.24, 2.45) is 0 Å². The molecule has 12 aromatic rings. The van der Waals surface area contributed by atoms with E-state index in [1.165, 1.54) is 37.3 Å². The van der Waals surface area contributed by atoms with E-state index in [1.54, 1.807) is 11.3 Å². The molecule has 0 spiro atoms. The van der Waals surface area contributed by atoms with Crippen molar-refractivity contribution in [2.45, 2.75) is 0 Å². The van der Waals surface area contributed by atoms with Gasteiger partial charge in [-0.3, -0.25) is 0 Å². The lowest BCUT2D eigenvalue weighted by molar-refractivity contribution is 0.668. The summed E-state index contributed by atoms with van der Waals surface area (Å²) in [4.78, 5) is 15.0. The number of furan rings is 1. The van der Waals surface area contributed by atoms with E-state index in [0.29, 0.717) is 17.5 Å². The Balaban J connectivity index is 0.955. The molecule has 0 amide bonds. The number of hydrogen-bond donors (Lipinski definition) is 0. The Labute approximate surface area is 330 Å². The third kappa shape index (κ3) is 5.12. The highest BCUT2D eigenvalue weighted by atomic mass is 32.1. The molecule has 0 aliphatic heterocycles. The van der Waals surface area contributed by atoms with Gasteiger partial charge >= 0.3 is 0 Å². The molecule has 0 saturated carbocycles. The molecule has 8 aromatic carbocycles. The Morgan fingerprint density at radius 1 is 0.386 bits per heavy atom. The van der Waals surface area contributed by atoms with Crippen molar-refractivity contribution in [3.05, 3.63) is 182 Å². The summed E-state index contributed by atoms with van der Waals surface area (Å²) in [5.74, 6) is 1.98. The molecule has 0 aliphatic rings. The zero-order valence-corrected chi connectivity index (χ0v) is 31.2. The summed E-state index contributed by atoms with van der Waals surface area (Å²) < 4.78 is 11.2. The molecule has 57 heavy (non-hydrogen) atoms. The molecule has 12 rings (SSSR count). The van der Waals surface area contributed by atoms with Crippen LogP contribution in [-0.2, 0) is 0 Å². The predicted octanol–water partition coefficient (Wildman–Crippen LogP) is 13.9. The summed E-state index contributed by atoms with van der Waals surface area (Å²) >= 11 is 1.78. The SMILES string of the molecule is c1ccc(-c2nc(-c3ccccc3)nc(-c3cccc4c3sc3cc(-c5ccc6oc7cc(-n8c9ccccc9c9ccccc98)ccc7c6c5)ccc34)n2)cc1. The Morgan fingerprint density at radius 2 is 0.982 bits per heavy atom. The van der Waals surface area contributed by atoms with Gasteiger partial charge in [-0.1, -0.05) is 127 Å². The fourth-order valence-corrected chi connectivity index (χ4v) is 9.62. The highest BCUT2D eigenvalue weighted by Crippen LogP contribution is 2.42. The van der Waals surface area contributed by atoms with Crippen molar-refractivity contribution in [3.63, 3.8) is 0 Å². The van der Waals surface area contributed by atoms with E-state index in [4.69, 9.17) is 19.4 Å². The van der Waals surface area contributed by atoms with E-state index in [0.717, 1.165) is 60.1 Å². The van der Waals surface area contributed by atoms with E-state index >= 15 is 0 Å². The van der Waals surface area contributed by atoms with Gasteiger partial charge in [0.05, 0.1) is 11.0 Å². The number of thiophene rings is 1. The van der Waals surface area contributed by atoms with Crippen LogP contribution in [0.5, 0.6) is 0 Å². The van der Waals surface area contributed by atoms with Gasteiger partial charge in [0.2, 0.25) is 0 Å². The van der Waals surface area contributed by atoms with Crippen molar-refractivity contribution < 1.29 is 4.42 Å². The largest absolute Gasteiger partial charge is 0.456 e. The summed E-state index contributed by atoms with van der Waals surface area (Å²) in [6, 6.07) is 63.8. The third-order valence-corrected chi connectivity index (χ3v) is 12.3. The number of para-hydroxylation sites is 2. The van der Waals surface area contributed by atoms with Crippen LogP contribution >= 0.6 is 11.3 Å². The zero-order valence-electron chi connectivity index (χ0n) is 30.4. The topological polar surface area (TPSA) is 56.7 Å². The van der Waals surface area contributed by atoms with Gasteiger partial charge in [0, 0.05) is 70.2 Å². The molecular formula is C51H30N4OS. The van der Waals surface area contributed by atoms with Crippen LogP contribution < -0.4 is 0 Å². The molecule has 6 heteroatoms. The van der Waals surface area contributed by atoms with Crippen LogP contribution in [0.15, 0.2) is 186 Å². The Kier molecular flexibility index (Phi) is 7.03. The maximum absolute atomic E-state index is 6.52. The van der Waals surface area contributed by atoms with Crippen molar-refractivity contribution in [2.75, 3.05) is 0 Å². The molecule has 5 nitrogen and oxygen atoms in total. The normalized spacial score (nSPS) is 11.9. The Hall–Kier alpha value is -7.41. The van der Waals surface area contributed by atoms with Crippen LogP contribution in [-0.4, -0.2) is 19.5 Å². The van der Waals surface area contributed by atoms with Crippen LogP contribution in [0.1, 0.15) is 0 Å². The van der Waals surface area contributed by atoms with Crippen LogP contribution in [0.4, 0.5) is 0 Å². The standard InChI is InChI=1S/C51H30N4OS/c1-3-12-31(13-4-1)49-52-50(32-14-5-2-6-15-32)54-51(53-49)41-19-11-18-40-39-25-22-34(29-47(39)57-48(40)41)33-23-27-45-42(28-33)38-26-24-35(30-46(38)56-45)55-43-20-9-7-16-36(43)37-17-8-10-21-44(37)55/h1-30H. The molecule has 0 bridgehead atoms. The molecular weight excluding hydrogens is 717 g/mol. The molecule has 0 atom stereocenters. The first-order valence-electron chi connectivity index (χ1n) is 19.0. The Morgan fingerprint density at radius 3 is 1.70 bits per heavy atom. The fraction of sp³-hybridized carbons (Fsp3) is 0. The van der Waals surface area contributed by atoms with Gasteiger partial charge in [-0.2, -0.15) is 0 Å². The second kappa shape index (κ2) is 12.6. The highest BCUT2D eigenvalue weighted by Gasteiger charge is 2.18.